The Labute approximate surface area is 69.0 Å². The summed E-state index contributed by atoms with van der Waals surface area (Å²) in [5.74, 6) is 0. The summed E-state index contributed by atoms with van der Waals surface area (Å²) in [6.45, 7) is 2.58. The smallest absolute Gasteiger partial charge is 0.0431 e. The van der Waals surface area contributed by atoms with E-state index in [9.17, 15) is 0 Å². The van der Waals surface area contributed by atoms with Crippen molar-refractivity contribution >= 4 is 0 Å². The molecule has 2 heteroatoms. The Morgan fingerprint density at radius 3 is 2.91 bits per heavy atom. The maximum Gasteiger partial charge on any atom is 0.0431 e. The summed E-state index contributed by atoms with van der Waals surface area (Å²) in [7, 11) is 0. The molecule has 0 spiro atoms. The van der Waals surface area contributed by atoms with Crippen molar-refractivity contribution < 1.29 is 5.11 Å². The molecule has 0 aliphatic carbocycles. The molecule has 0 aromatic rings. The molecule has 11 heavy (non-hydrogen) atoms. The lowest BCUT2D eigenvalue weighted by atomic mass is 9.96. The second-order valence-electron chi connectivity index (χ2n) is 3.56. The maximum absolute atomic E-state index is 8.64. The monoisotopic (exact) mass is 157 g/mol. The number of aliphatic hydroxyl groups is 1. The minimum Gasteiger partial charge on any atom is -0.396 e. The van der Waals surface area contributed by atoms with Crippen molar-refractivity contribution in [1.29, 1.82) is 0 Å². The first-order chi connectivity index (χ1) is 5.33. The van der Waals surface area contributed by atoms with Crippen LogP contribution < -0.4 is 5.32 Å². The highest BCUT2D eigenvalue weighted by atomic mass is 16.2. The van der Waals surface area contributed by atoms with Crippen LogP contribution in [0.5, 0.6) is 0 Å². The third-order valence-electron chi connectivity index (χ3n) is 2.42. The normalized spacial score (nSPS) is 32.2. The van der Waals surface area contributed by atoms with E-state index in [4.69, 9.17) is 5.11 Å². The lowest BCUT2D eigenvalue weighted by Crippen LogP contribution is -2.40. The third-order valence-corrected chi connectivity index (χ3v) is 2.42. The van der Waals surface area contributed by atoms with Crippen molar-refractivity contribution in [1.82, 2.24) is 5.32 Å². The van der Waals surface area contributed by atoms with Crippen molar-refractivity contribution in [3.8, 4) is 0 Å². The van der Waals surface area contributed by atoms with Crippen LogP contribution in [0.4, 0.5) is 0 Å². The average Bonchev–Trinajstić information content (AvgIpc) is 2.01. The third kappa shape index (κ3) is 3.21. The van der Waals surface area contributed by atoms with Crippen LogP contribution in [0, 0.1) is 0 Å². The van der Waals surface area contributed by atoms with Crippen LogP contribution >= 0.6 is 0 Å². The first-order valence-corrected chi connectivity index (χ1v) is 4.70. The maximum atomic E-state index is 8.64. The van der Waals surface area contributed by atoms with Crippen molar-refractivity contribution in [2.75, 3.05) is 6.61 Å². The Kier molecular flexibility index (Phi) is 3.87. The van der Waals surface area contributed by atoms with Gasteiger partial charge in [-0.15, -0.1) is 0 Å². The minimum atomic E-state index is 0.340. The van der Waals surface area contributed by atoms with Gasteiger partial charge in [0, 0.05) is 18.7 Å². The van der Waals surface area contributed by atoms with E-state index in [1.807, 2.05) is 0 Å². The molecule has 1 saturated heterocycles. The van der Waals surface area contributed by atoms with Gasteiger partial charge < -0.3 is 10.4 Å². The van der Waals surface area contributed by atoms with Gasteiger partial charge in [0.25, 0.3) is 0 Å². The zero-order valence-electron chi connectivity index (χ0n) is 7.34. The van der Waals surface area contributed by atoms with Gasteiger partial charge in [0.1, 0.15) is 0 Å². The fourth-order valence-electron chi connectivity index (χ4n) is 1.80. The molecule has 0 bridgehead atoms. The summed E-state index contributed by atoms with van der Waals surface area (Å²) >= 11 is 0. The van der Waals surface area contributed by atoms with Gasteiger partial charge in [0.2, 0.25) is 0 Å². The quantitative estimate of drug-likeness (QED) is 0.647. The highest BCUT2D eigenvalue weighted by Gasteiger charge is 2.16. The molecule has 66 valence electrons. The van der Waals surface area contributed by atoms with Gasteiger partial charge in [-0.3, -0.25) is 0 Å². The minimum absolute atomic E-state index is 0.340. The highest BCUT2D eigenvalue weighted by Crippen LogP contribution is 2.15. The first kappa shape index (κ1) is 9.01. The average molecular weight is 157 g/mol. The van der Waals surface area contributed by atoms with Crippen LogP contribution in [0.3, 0.4) is 0 Å². The van der Waals surface area contributed by atoms with Crippen molar-refractivity contribution in [2.45, 2.75) is 51.1 Å². The number of hydrogen-bond donors (Lipinski definition) is 2. The van der Waals surface area contributed by atoms with Crippen LogP contribution in [0.15, 0.2) is 0 Å². The molecule has 2 atom stereocenters. The summed E-state index contributed by atoms with van der Waals surface area (Å²) in [6.07, 6.45) is 6.05. The lowest BCUT2D eigenvalue weighted by Gasteiger charge is -2.28. The molecule has 1 rings (SSSR count). The molecule has 1 aliphatic heterocycles. The predicted octanol–water partition coefficient (Wildman–Crippen LogP) is 1.29. The summed E-state index contributed by atoms with van der Waals surface area (Å²) in [5, 5.41) is 12.2. The van der Waals surface area contributed by atoms with Crippen LogP contribution in [0.1, 0.15) is 39.0 Å². The van der Waals surface area contributed by atoms with Gasteiger partial charge in [-0.25, -0.2) is 0 Å². The number of piperidine rings is 1. The fourth-order valence-corrected chi connectivity index (χ4v) is 1.80. The molecule has 1 fully saturated rings. The van der Waals surface area contributed by atoms with Crippen LogP contribution in [-0.4, -0.2) is 23.8 Å². The van der Waals surface area contributed by atoms with Crippen molar-refractivity contribution in [2.24, 2.45) is 0 Å². The fraction of sp³-hybridized carbons (Fsp3) is 1.00. The molecule has 2 N–H and O–H groups in total. The van der Waals surface area contributed by atoms with E-state index < -0.39 is 0 Å². The van der Waals surface area contributed by atoms with E-state index in [1.165, 1.54) is 19.3 Å². The second-order valence-corrected chi connectivity index (χ2v) is 3.56. The molecular formula is C9H19NO. The van der Waals surface area contributed by atoms with Crippen molar-refractivity contribution in [3.63, 3.8) is 0 Å². The summed E-state index contributed by atoms with van der Waals surface area (Å²) in [6, 6.07) is 1.36. The number of rotatable bonds is 3. The van der Waals surface area contributed by atoms with E-state index in [0.29, 0.717) is 18.7 Å². The van der Waals surface area contributed by atoms with Gasteiger partial charge in [0.05, 0.1) is 0 Å². The standard InChI is InChI=1S/C9H19NO/c1-8-4-2-5-9(10-8)6-3-7-11/h8-11H,2-7H2,1H3. The SMILES string of the molecule is CC1CCCC(CCCO)N1. The molecule has 0 amide bonds. The molecule has 0 aromatic carbocycles. The van der Waals surface area contributed by atoms with Gasteiger partial charge in [-0.05, 0) is 32.6 Å². The molecule has 2 unspecified atom stereocenters. The molecule has 1 aliphatic rings. The van der Waals surface area contributed by atoms with E-state index >= 15 is 0 Å². The van der Waals surface area contributed by atoms with Crippen LogP contribution in [-0.2, 0) is 0 Å². The van der Waals surface area contributed by atoms with Gasteiger partial charge >= 0.3 is 0 Å². The van der Waals surface area contributed by atoms with Gasteiger partial charge in [0.15, 0.2) is 0 Å². The Hall–Kier alpha value is -0.0800. The molecule has 2 nitrogen and oxygen atoms in total. The van der Waals surface area contributed by atoms with E-state index in [1.54, 1.807) is 0 Å². The Balaban J connectivity index is 2.12. The molecular weight excluding hydrogens is 138 g/mol. The molecule has 0 saturated carbocycles. The lowest BCUT2D eigenvalue weighted by molar-refractivity contribution is 0.255. The largest absolute Gasteiger partial charge is 0.396 e. The molecule has 0 aromatic heterocycles. The predicted molar refractivity (Wildman–Crippen MR) is 46.6 cm³/mol. The summed E-state index contributed by atoms with van der Waals surface area (Å²) in [5.41, 5.74) is 0. The van der Waals surface area contributed by atoms with Crippen LogP contribution in [0.25, 0.3) is 0 Å². The van der Waals surface area contributed by atoms with Gasteiger partial charge in [-0.2, -0.15) is 0 Å². The zero-order chi connectivity index (χ0) is 8.10. The number of aliphatic hydroxyl groups excluding tert-OH is 1. The number of hydrogen-bond acceptors (Lipinski definition) is 2. The second kappa shape index (κ2) is 4.73. The van der Waals surface area contributed by atoms with E-state index in [0.717, 1.165) is 12.8 Å². The van der Waals surface area contributed by atoms with Crippen LogP contribution in [0.2, 0.25) is 0 Å². The first-order valence-electron chi connectivity index (χ1n) is 4.70. The topological polar surface area (TPSA) is 32.3 Å². The van der Waals surface area contributed by atoms with Crippen molar-refractivity contribution in [3.05, 3.63) is 0 Å². The number of nitrogens with one attached hydrogen (secondary N) is 1. The van der Waals surface area contributed by atoms with Gasteiger partial charge in [-0.1, -0.05) is 6.42 Å². The van der Waals surface area contributed by atoms with E-state index in [2.05, 4.69) is 12.2 Å². The summed E-state index contributed by atoms with van der Waals surface area (Å²) < 4.78 is 0. The Morgan fingerprint density at radius 1 is 1.45 bits per heavy atom. The van der Waals surface area contributed by atoms with E-state index in [-0.39, 0.29) is 0 Å². The zero-order valence-corrected chi connectivity index (χ0v) is 7.34. The molecule has 0 radical (unpaired) electrons. The Morgan fingerprint density at radius 2 is 2.27 bits per heavy atom. The molecule has 1 heterocycles. The Bertz CT molecular complexity index is 106. The highest BCUT2D eigenvalue weighted by molar-refractivity contribution is 4.77. The summed E-state index contributed by atoms with van der Waals surface area (Å²) in [4.78, 5) is 0.